The molecule has 2 heterocycles. The molecular formula is C17H23N5O5. The number of aryl methyl sites for hydroxylation is 1. The van der Waals surface area contributed by atoms with Crippen LogP contribution in [0.15, 0.2) is 15.9 Å². The SMILES string of the molecule is CC(OC(=O)Cn1cnc2c1c(=O)n(C)c(=O)n2C)C(=O)NC1CCCC1. The number of rotatable bonds is 5. The molecule has 1 N–H and O–H groups in total. The van der Waals surface area contributed by atoms with E-state index in [0.717, 1.165) is 30.3 Å². The highest BCUT2D eigenvalue weighted by atomic mass is 16.5. The third-order valence-electron chi connectivity index (χ3n) is 4.90. The second-order valence-corrected chi connectivity index (χ2v) is 6.87. The van der Waals surface area contributed by atoms with E-state index < -0.39 is 23.3 Å². The van der Waals surface area contributed by atoms with Gasteiger partial charge in [0.25, 0.3) is 11.5 Å². The van der Waals surface area contributed by atoms with E-state index in [-0.39, 0.29) is 29.7 Å². The van der Waals surface area contributed by atoms with Crippen LogP contribution in [0.3, 0.4) is 0 Å². The lowest BCUT2D eigenvalue weighted by Gasteiger charge is -2.17. The average molecular weight is 377 g/mol. The maximum Gasteiger partial charge on any atom is 0.332 e. The summed E-state index contributed by atoms with van der Waals surface area (Å²) in [6, 6.07) is 0.139. The molecule has 0 radical (unpaired) electrons. The number of fused-ring (bicyclic) bond motifs is 1. The van der Waals surface area contributed by atoms with Crippen molar-refractivity contribution in [3.05, 3.63) is 27.2 Å². The van der Waals surface area contributed by atoms with Crippen LogP contribution in [0.2, 0.25) is 0 Å². The monoisotopic (exact) mass is 377 g/mol. The van der Waals surface area contributed by atoms with Crippen molar-refractivity contribution < 1.29 is 14.3 Å². The molecule has 10 heteroatoms. The standard InChI is InChI=1S/C17H23N5O5/c1-10(15(24)19-11-6-4-5-7-11)27-12(23)8-22-9-18-14-13(22)16(25)21(3)17(26)20(14)2/h9-11H,4-8H2,1-3H3,(H,19,24). The minimum atomic E-state index is -0.930. The molecule has 146 valence electrons. The predicted octanol–water partition coefficient (Wildman–Crippen LogP) is -0.576. The minimum Gasteiger partial charge on any atom is -0.451 e. The van der Waals surface area contributed by atoms with E-state index in [1.807, 2.05) is 0 Å². The molecule has 0 bridgehead atoms. The number of nitrogens with zero attached hydrogens (tertiary/aromatic N) is 4. The number of carbonyl (C=O) groups excluding carboxylic acids is 2. The van der Waals surface area contributed by atoms with Gasteiger partial charge in [0.2, 0.25) is 0 Å². The molecule has 1 fully saturated rings. The summed E-state index contributed by atoms with van der Waals surface area (Å²) in [5.41, 5.74) is -0.745. The Morgan fingerprint density at radius 3 is 2.59 bits per heavy atom. The number of aromatic nitrogens is 4. The minimum absolute atomic E-state index is 0.125. The van der Waals surface area contributed by atoms with Crippen molar-refractivity contribution in [3.63, 3.8) is 0 Å². The van der Waals surface area contributed by atoms with Crippen LogP contribution in [-0.4, -0.2) is 42.7 Å². The quantitative estimate of drug-likeness (QED) is 0.697. The highest BCUT2D eigenvalue weighted by molar-refractivity contribution is 5.84. The van der Waals surface area contributed by atoms with Gasteiger partial charge < -0.3 is 14.6 Å². The zero-order valence-corrected chi connectivity index (χ0v) is 15.6. The lowest BCUT2D eigenvalue weighted by atomic mass is 10.2. The topological polar surface area (TPSA) is 117 Å². The van der Waals surface area contributed by atoms with Crippen LogP contribution in [0.25, 0.3) is 11.2 Å². The molecule has 27 heavy (non-hydrogen) atoms. The summed E-state index contributed by atoms with van der Waals surface area (Å²) in [7, 11) is 2.85. The number of hydrogen-bond donors (Lipinski definition) is 1. The van der Waals surface area contributed by atoms with E-state index in [1.165, 1.54) is 36.5 Å². The molecular weight excluding hydrogens is 354 g/mol. The Morgan fingerprint density at radius 2 is 1.93 bits per heavy atom. The van der Waals surface area contributed by atoms with Crippen molar-refractivity contribution in [2.24, 2.45) is 14.1 Å². The second kappa shape index (κ2) is 7.37. The molecule has 0 aromatic carbocycles. The highest BCUT2D eigenvalue weighted by Crippen LogP contribution is 2.17. The van der Waals surface area contributed by atoms with Gasteiger partial charge in [0.15, 0.2) is 17.3 Å². The van der Waals surface area contributed by atoms with E-state index in [1.54, 1.807) is 0 Å². The van der Waals surface area contributed by atoms with Gasteiger partial charge in [-0.05, 0) is 19.8 Å². The summed E-state index contributed by atoms with van der Waals surface area (Å²) in [4.78, 5) is 52.7. The first kappa shape index (κ1) is 18.9. The molecule has 1 amide bonds. The molecule has 2 aromatic rings. The normalized spacial score (nSPS) is 15.8. The number of imidazole rings is 1. The van der Waals surface area contributed by atoms with E-state index in [9.17, 15) is 19.2 Å². The third kappa shape index (κ3) is 3.64. The molecule has 1 unspecified atom stereocenters. The Bertz CT molecular complexity index is 996. The fourth-order valence-electron chi connectivity index (χ4n) is 3.33. The van der Waals surface area contributed by atoms with Crippen LogP contribution in [0.1, 0.15) is 32.6 Å². The number of hydrogen-bond acceptors (Lipinski definition) is 6. The fourth-order valence-corrected chi connectivity index (χ4v) is 3.33. The maximum atomic E-state index is 12.4. The first-order chi connectivity index (χ1) is 12.8. The molecule has 0 spiro atoms. The highest BCUT2D eigenvalue weighted by Gasteiger charge is 2.24. The zero-order chi connectivity index (χ0) is 19.7. The largest absolute Gasteiger partial charge is 0.451 e. The van der Waals surface area contributed by atoms with Gasteiger partial charge in [0.05, 0.1) is 6.33 Å². The summed E-state index contributed by atoms with van der Waals surface area (Å²) >= 11 is 0. The Labute approximate surface area is 154 Å². The van der Waals surface area contributed by atoms with Crippen molar-refractivity contribution in [1.29, 1.82) is 0 Å². The number of esters is 1. The predicted molar refractivity (Wildman–Crippen MR) is 96.2 cm³/mol. The zero-order valence-electron chi connectivity index (χ0n) is 15.6. The fraction of sp³-hybridized carbons (Fsp3) is 0.588. The van der Waals surface area contributed by atoms with Crippen LogP contribution >= 0.6 is 0 Å². The van der Waals surface area contributed by atoms with E-state index in [2.05, 4.69) is 10.3 Å². The summed E-state index contributed by atoms with van der Waals surface area (Å²) in [6.45, 7) is 1.22. The molecule has 3 rings (SSSR count). The molecule has 0 saturated heterocycles. The molecule has 1 aliphatic carbocycles. The number of amides is 1. The van der Waals surface area contributed by atoms with Crippen LogP contribution in [0.5, 0.6) is 0 Å². The molecule has 10 nitrogen and oxygen atoms in total. The summed E-state index contributed by atoms with van der Waals surface area (Å²) in [5.74, 6) is -0.997. The lowest BCUT2D eigenvalue weighted by molar-refractivity contribution is -0.155. The van der Waals surface area contributed by atoms with Gasteiger partial charge in [0.1, 0.15) is 6.54 Å². The summed E-state index contributed by atoms with van der Waals surface area (Å²) in [6.07, 6.45) is 4.43. The lowest BCUT2D eigenvalue weighted by Crippen LogP contribution is -2.41. The van der Waals surface area contributed by atoms with Crippen molar-refractivity contribution in [3.8, 4) is 0 Å². The number of carbonyl (C=O) groups is 2. The molecule has 1 aliphatic rings. The van der Waals surface area contributed by atoms with Crippen LogP contribution < -0.4 is 16.6 Å². The maximum absolute atomic E-state index is 12.4. The van der Waals surface area contributed by atoms with Crippen molar-refractivity contribution in [2.45, 2.75) is 51.3 Å². The van der Waals surface area contributed by atoms with Crippen LogP contribution in [0, 0.1) is 0 Å². The van der Waals surface area contributed by atoms with Crippen molar-refractivity contribution in [2.75, 3.05) is 0 Å². The number of ether oxygens (including phenoxy) is 1. The molecule has 1 atom stereocenters. The van der Waals surface area contributed by atoms with E-state index >= 15 is 0 Å². The van der Waals surface area contributed by atoms with Crippen molar-refractivity contribution >= 4 is 23.0 Å². The first-order valence-electron chi connectivity index (χ1n) is 8.90. The second-order valence-electron chi connectivity index (χ2n) is 6.87. The van der Waals surface area contributed by atoms with Gasteiger partial charge >= 0.3 is 11.7 Å². The van der Waals surface area contributed by atoms with E-state index in [4.69, 9.17) is 4.74 Å². The van der Waals surface area contributed by atoms with Gasteiger partial charge in [-0.1, -0.05) is 12.8 Å². The van der Waals surface area contributed by atoms with Gasteiger partial charge in [-0.2, -0.15) is 0 Å². The van der Waals surface area contributed by atoms with Gasteiger partial charge in [0, 0.05) is 20.1 Å². The smallest absolute Gasteiger partial charge is 0.332 e. The Hall–Kier alpha value is -2.91. The van der Waals surface area contributed by atoms with Gasteiger partial charge in [-0.25, -0.2) is 9.78 Å². The summed E-state index contributed by atoms with van der Waals surface area (Å²) in [5, 5.41) is 2.88. The molecule has 2 aromatic heterocycles. The van der Waals surface area contributed by atoms with Crippen LogP contribution in [-0.2, 0) is 35.0 Å². The number of nitrogens with one attached hydrogen (secondary N) is 1. The Balaban J connectivity index is 1.72. The van der Waals surface area contributed by atoms with Gasteiger partial charge in [-0.15, -0.1) is 0 Å². The first-order valence-corrected chi connectivity index (χ1v) is 8.90. The Morgan fingerprint density at radius 1 is 1.26 bits per heavy atom. The Kier molecular flexibility index (Phi) is 5.15. The molecule has 1 saturated carbocycles. The summed E-state index contributed by atoms with van der Waals surface area (Å²) < 4.78 is 8.69. The van der Waals surface area contributed by atoms with Crippen molar-refractivity contribution in [1.82, 2.24) is 24.0 Å². The van der Waals surface area contributed by atoms with Gasteiger partial charge in [-0.3, -0.25) is 23.5 Å². The third-order valence-corrected chi connectivity index (χ3v) is 4.90. The van der Waals surface area contributed by atoms with Crippen LogP contribution in [0.4, 0.5) is 0 Å². The average Bonchev–Trinajstić information content (AvgIpc) is 3.28. The van der Waals surface area contributed by atoms with E-state index in [0.29, 0.717) is 0 Å². The molecule has 0 aliphatic heterocycles.